The van der Waals surface area contributed by atoms with Crippen LogP contribution < -0.4 is 5.32 Å². The summed E-state index contributed by atoms with van der Waals surface area (Å²) in [5.74, 6) is 0.968. The Bertz CT molecular complexity index is 381. The number of benzene rings is 1. The Morgan fingerprint density at radius 1 is 1.17 bits per heavy atom. The molecule has 1 aliphatic carbocycles. The van der Waals surface area contributed by atoms with Crippen LogP contribution >= 0.6 is 0 Å². The first kappa shape index (κ1) is 13.6. The van der Waals surface area contributed by atoms with Gasteiger partial charge in [-0.1, -0.05) is 17.7 Å². The Hall–Kier alpha value is -0.820. The van der Waals surface area contributed by atoms with Gasteiger partial charge in [-0.05, 0) is 82.5 Å². The molecule has 1 nitrogen and oxygen atoms in total. The third-order valence-electron chi connectivity index (χ3n) is 4.34. The van der Waals surface area contributed by atoms with Crippen molar-refractivity contribution in [2.75, 3.05) is 7.05 Å². The van der Waals surface area contributed by atoms with E-state index in [0.29, 0.717) is 0 Å². The Labute approximate surface area is 112 Å². The number of hydrogen-bond donors (Lipinski definition) is 1. The molecule has 1 aromatic rings. The van der Waals surface area contributed by atoms with Gasteiger partial charge in [0.25, 0.3) is 0 Å². The van der Waals surface area contributed by atoms with Crippen LogP contribution in [0.5, 0.6) is 0 Å². The maximum Gasteiger partial charge on any atom is 0.00924 e. The smallest absolute Gasteiger partial charge is 0.00924 e. The van der Waals surface area contributed by atoms with Crippen molar-refractivity contribution in [2.24, 2.45) is 5.92 Å². The molecule has 1 fully saturated rings. The fraction of sp³-hybridized carbons (Fsp3) is 0.647. The number of rotatable bonds is 6. The summed E-state index contributed by atoms with van der Waals surface area (Å²) in [7, 11) is 2.12. The molecule has 0 aromatic heterocycles. The van der Waals surface area contributed by atoms with Crippen molar-refractivity contribution in [3.8, 4) is 0 Å². The summed E-state index contributed by atoms with van der Waals surface area (Å²) in [6.45, 7) is 6.70. The first-order valence-corrected chi connectivity index (χ1v) is 7.36. The Kier molecular flexibility index (Phi) is 4.45. The zero-order valence-corrected chi connectivity index (χ0v) is 12.3. The van der Waals surface area contributed by atoms with Gasteiger partial charge in [0.15, 0.2) is 0 Å². The molecule has 1 aromatic carbocycles. The largest absolute Gasteiger partial charge is 0.317 e. The molecule has 1 saturated carbocycles. The minimum Gasteiger partial charge on any atom is -0.317 e. The minimum atomic E-state index is 0.760. The highest BCUT2D eigenvalue weighted by Crippen LogP contribution is 2.34. The van der Waals surface area contributed by atoms with E-state index in [0.717, 1.165) is 12.0 Å². The molecule has 1 atom stereocenters. The highest BCUT2D eigenvalue weighted by Gasteiger charge is 2.29. The molecule has 1 N–H and O–H groups in total. The van der Waals surface area contributed by atoms with Gasteiger partial charge in [0.2, 0.25) is 0 Å². The molecular weight excluding hydrogens is 218 g/mol. The molecule has 0 aliphatic heterocycles. The van der Waals surface area contributed by atoms with Crippen LogP contribution in [0, 0.1) is 26.7 Å². The van der Waals surface area contributed by atoms with Crippen molar-refractivity contribution in [3.05, 3.63) is 34.4 Å². The normalized spacial score (nSPS) is 16.9. The second kappa shape index (κ2) is 5.88. The predicted octanol–water partition coefficient (Wildman–Crippen LogP) is 3.93. The molecule has 18 heavy (non-hydrogen) atoms. The molecule has 0 amide bonds. The third-order valence-corrected chi connectivity index (χ3v) is 4.34. The summed E-state index contributed by atoms with van der Waals surface area (Å²) in [4.78, 5) is 0. The highest BCUT2D eigenvalue weighted by molar-refractivity contribution is 5.37. The molecule has 0 heterocycles. The lowest BCUT2D eigenvalue weighted by molar-refractivity contribution is 0.456. The lowest BCUT2D eigenvalue weighted by Crippen LogP contribution is -2.27. The van der Waals surface area contributed by atoms with Gasteiger partial charge in [-0.25, -0.2) is 0 Å². The second-order valence-corrected chi connectivity index (χ2v) is 6.00. The molecule has 100 valence electrons. The van der Waals surface area contributed by atoms with Crippen molar-refractivity contribution in [1.29, 1.82) is 0 Å². The van der Waals surface area contributed by atoms with Crippen molar-refractivity contribution >= 4 is 0 Å². The van der Waals surface area contributed by atoms with Crippen LogP contribution in [0.3, 0.4) is 0 Å². The van der Waals surface area contributed by atoms with E-state index in [2.05, 4.69) is 45.3 Å². The molecule has 0 bridgehead atoms. The molecule has 1 unspecified atom stereocenters. The fourth-order valence-corrected chi connectivity index (χ4v) is 3.22. The minimum absolute atomic E-state index is 0.760. The summed E-state index contributed by atoms with van der Waals surface area (Å²) < 4.78 is 0. The van der Waals surface area contributed by atoms with Crippen molar-refractivity contribution in [3.63, 3.8) is 0 Å². The fourth-order valence-electron chi connectivity index (χ4n) is 3.22. The van der Waals surface area contributed by atoms with E-state index in [1.165, 1.54) is 48.8 Å². The lowest BCUT2D eigenvalue weighted by Gasteiger charge is -2.16. The number of hydrogen-bond acceptors (Lipinski definition) is 1. The Morgan fingerprint density at radius 2 is 1.78 bits per heavy atom. The molecule has 2 rings (SSSR count). The van der Waals surface area contributed by atoms with E-state index in [-0.39, 0.29) is 0 Å². The third kappa shape index (κ3) is 3.35. The zero-order chi connectivity index (χ0) is 13.1. The van der Waals surface area contributed by atoms with Gasteiger partial charge >= 0.3 is 0 Å². The standard InChI is InChI=1S/C17H27N/c1-12-10-13(2)16(14(3)11-12)6-5-7-17(18-4)15-8-9-15/h10-11,15,17-18H,5-9H2,1-4H3. The first-order valence-electron chi connectivity index (χ1n) is 7.36. The quantitative estimate of drug-likeness (QED) is 0.800. The Morgan fingerprint density at radius 3 is 2.28 bits per heavy atom. The van der Waals surface area contributed by atoms with Gasteiger partial charge in [-0.2, -0.15) is 0 Å². The molecule has 0 saturated heterocycles. The number of nitrogens with one attached hydrogen (secondary N) is 1. The summed E-state index contributed by atoms with van der Waals surface area (Å²) in [5.41, 5.74) is 5.91. The lowest BCUT2D eigenvalue weighted by atomic mass is 9.94. The van der Waals surface area contributed by atoms with Crippen LogP contribution in [0.1, 0.15) is 47.9 Å². The summed E-state index contributed by atoms with van der Waals surface area (Å²) in [6, 6.07) is 5.40. The van der Waals surface area contributed by atoms with Crippen LogP contribution in [0.25, 0.3) is 0 Å². The van der Waals surface area contributed by atoms with Crippen LogP contribution in [-0.4, -0.2) is 13.1 Å². The van der Waals surface area contributed by atoms with E-state index in [4.69, 9.17) is 0 Å². The molecule has 0 radical (unpaired) electrons. The average molecular weight is 245 g/mol. The van der Waals surface area contributed by atoms with E-state index in [1.54, 1.807) is 5.56 Å². The first-order chi connectivity index (χ1) is 8.61. The highest BCUT2D eigenvalue weighted by atomic mass is 14.9. The van der Waals surface area contributed by atoms with Crippen molar-refractivity contribution < 1.29 is 0 Å². The van der Waals surface area contributed by atoms with Crippen LogP contribution in [0.2, 0.25) is 0 Å². The van der Waals surface area contributed by atoms with E-state index in [9.17, 15) is 0 Å². The van der Waals surface area contributed by atoms with Crippen LogP contribution in [0.4, 0.5) is 0 Å². The molecule has 0 spiro atoms. The SMILES string of the molecule is CNC(CCCc1c(C)cc(C)cc1C)C1CC1. The monoisotopic (exact) mass is 245 g/mol. The summed E-state index contributed by atoms with van der Waals surface area (Å²) in [6.07, 6.45) is 6.76. The molecule has 1 aliphatic rings. The van der Waals surface area contributed by atoms with Gasteiger partial charge in [0, 0.05) is 6.04 Å². The maximum absolute atomic E-state index is 3.49. The van der Waals surface area contributed by atoms with Gasteiger partial charge in [-0.15, -0.1) is 0 Å². The maximum atomic E-state index is 3.49. The van der Waals surface area contributed by atoms with Gasteiger partial charge in [0.1, 0.15) is 0 Å². The summed E-state index contributed by atoms with van der Waals surface area (Å²) in [5, 5.41) is 3.49. The molecule has 1 heteroatoms. The van der Waals surface area contributed by atoms with Gasteiger partial charge < -0.3 is 5.32 Å². The van der Waals surface area contributed by atoms with E-state index < -0.39 is 0 Å². The topological polar surface area (TPSA) is 12.0 Å². The Balaban J connectivity index is 1.89. The van der Waals surface area contributed by atoms with Gasteiger partial charge in [0.05, 0.1) is 0 Å². The second-order valence-electron chi connectivity index (χ2n) is 6.00. The van der Waals surface area contributed by atoms with Crippen LogP contribution in [0.15, 0.2) is 12.1 Å². The van der Waals surface area contributed by atoms with E-state index in [1.807, 2.05) is 0 Å². The van der Waals surface area contributed by atoms with Gasteiger partial charge in [-0.3, -0.25) is 0 Å². The predicted molar refractivity (Wildman–Crippen MR) is 79.2 cm³/mol. The average Bonchev–Trinajstić information content (AvgIpc) is 3.11. The van der Waals surface area contributed by atoms with E-state index >= 15 is 0 Å². The number of aryl methyl sites for hydroxylation is 3. The van der Waals surface area contributed by atoms with Crippen LogP contribution in [-0.2, 0) is 6.42 Å². The zero-order valence-electron chi connectivity index (χ0n) is 12.3. The van der Waals surface area contributed by atoms with Crippen molar-refractivity contribution in [1.82, 2.24) is 5.32 Å². The summed E-state index contributed by atoms with van der Waals surface area (Å²) >= 11 is 0. The van der Waals surface area contributed by atoms with Crippen molar-refractivity contribution in [2.45, 2.75) is 58.9 Å². The molecular formula is C17H27N.